The molecule has 0 spiro atoms. The Kier molecular flexibility index (Phi) is 6.84. The highest BCUT2D eigenvalue weighted by Crippen LogP contribution is 2.21. The molecule has 2 N–H and O–H groups in total. The third-order valence-electron chi connectivity index (χ3n) is 3.87. The van der Waals surface area contributed by atoms with Crippen molar-refractivity contribution in [1.29, 1.82) is 0 Å². The van der Waals surface area contributed by atoms with Crippen LogP contribution in [0.15, 0.2) is 17.0 Å². The van der Waals surface area contributed by atoms with Gasteiger partial charge in [-0.15, -0.1) is 0 Å². The van der Waals surface area contributed by atoms with Gasteiger partial charge in [-0.3, -0.25) is 0 Å². The van der Waals surface area contributed by atoms with Gasteiger partial charge in [0.2, 0.25) is 10.0 Å². The standard InChI is InChI=1S/C16H28N2O2S/c1-6-12(3)10-18-21(19,20)16-9-15(11-17-7-2)8-13(4)14(16)5/h8-9,12,17-18H,6-7,10-11H2,1-5H3. The van der Waals surface area contributed by atoms with Gasteiger partial charge in [0, 0.05) is 13.1 Å². The summed E-state index contributed by atoms with van der Waals surface area (Å²) in [6.07, 6.45) is 0.959. The van der Waals surface area contributed by atoms with Crippen molar-refractivity contribution in [3.63, 3.8) is 0 Å². The lowest BCUT2D eigenvalue weighted by molar-refractivity contribution is 0.528. The highest BCUT2D eigenvalue weighted by molar-refractivity contribution is 7.89. The van der Waals surface area contributed by atoms with E-state index < -0.39 is 10.0 Å². The molecule has 1 rings (SSSR count). The Labute approximate surface area is 129 Å². The Morgan fingerprint density at radius 2 is 1.86 bits per heavy atom. The maximum Gasteiger partial charge on any atom is 0.240 e. The van der Waals surface area contributed by atoms with E-state index in [2.05, 4.69) is 17.0 Å². The van der Waals surface area contributed by atoms with Crippen LogP contribution in [0.1, 0.15) is 43.9 Å². The fourth-order valence-electron chi connectivity index (χ4n) is 2.02. The van der Waals surface area contributed by atoms with Crippen LogP contribution in [0.2, 0.25) is 0 Å². The van der Waals surface area contributed by atoms with E-state index in [4.69, 9.17) is 0 Å². The van der Waals surface area contributed by atoms with Gasteiger partial charge in [-0.1, -0.05) is 33.3 Å². The van der Waals surface area contributed by atoms with Gasteiger partial charge in [0.05, 0.1) is 4.90 Å². The molecule has 21 heavy (non-hydrogen) atoms. The van der Waals surface area contributed by atoms with Crippen molar-refractivity contribution in [3.05, 3.63) is 28.8 Å². The van der Waals surface area contributed by atoms with Crippen molar-refractivity contribution in [3.8, 4) is 0 Å². The topological polar surface area (TPSA) is 58.2 Å². The summed E-state index contributed by atoms with van der Waals surface area (Å²) >= 11 is 0. The molecule has 1 aromatic rings. The average Bonchev–Trinajstić information content (AvgIpc) is 2.45. The van der Waals surface area contributed by atoms with E-state index >= 15 is 0 Å². The number of aryl methyl sites for hydroxylation is 1. The van der Waals surface area contributed by atoms with E-state index in [0.29, 0.717) is 23.9 Å². The van der Waals surface area contributed by atoms with Crippen molar-refractivity contribution in [1.82, 2.24) is 10.0 Å². The quantitative estimate of drug-likeness (QED) is 0.776. The number of sulfonamides is 1. The minimum atomic E-state index is -3.44. The summed E-state index contributed by atoms with van der Waals surface area (Å²) in [4.78, 5) is 0.402. The van der Waals surface area contributed by atoms with Crippen molar-refractivity contribution in [2.75, 3.05) is 13.1 Å². The summed E-state index contributed by atoms with van der Waals surface area (Å²) in [5.41, 5.74) is 2.84. The van der Waals surface area contributed by atoms with Crippen LogP contribution in [-0.2, 0) is 16.6 Å². The zero-order valence-corrected chi connectivity index (χ0v) is 14.6. The fraction of sp³-hybridized carbons (Fsp3) is 0.625. The van der Waals surface area contributed by atoms with Gasteiger partial charge in [-0.2, -0.15) is 0 Å². The second kappa shape index (κ2) is 7.92. The molecule has 0 heterocycles. The van der Waals surface area contributed by atoms with E-state index in [-0.39, 0.29) is 0 Å². The number of benzene rings is 1. The second-order valence-corrected chi connectivity index (χ2v) is 7.42. The zero-order chi connectivity index (χ0) is 16.0. The first-order valence-electron chi connectivity index (χ1n) is 7.62. The van der Waals surface area contributed by atoms with Crippen LogP contribution in [0.3, 0.4) is 0 Å². The number of hydrogen-bond donors (Lipinski definition) is 2. The van der Waals surface area contributed by atoms with Crippen LogP contribution in [-0.4, -0.2) is 21.5 Å². The molecule has 1 atom stereocenters. The molecule has 0 aliphatic heterocycles. The van der Waals surface area contributed by atoms with E-state index in [9.17, 15) is 8.42 Å². The highest BCUT2D eigenvalue weighted by atomic mass is 32.2. The molecule has 0 aliphatic rings. The molecule has 1 aromatic carbocycles. The largest absolute Gasteiger partial charge is 0.313 e. The van der Waals surface area contributed by atoms with Crippen LogP contribution in [0, 0.1) is 19.8 Å². The Bertz CT molecular complexity index is 568. The molecule has 0 saturated carbocycles. The minimum absolute atomic E-state index is 0.339. The molecule has 5 heteroatoms. The van der Waals surface area contributed by atoms with Gasteiger partial charge in [-0.05, 0) is 49.1 Å². The first-order valence-corrected chi connectivity index (χ1v) is 9.10. The van der Waals surface area contributed by atoms with Gasteiger partial charge in [0.1, 0.15) is 0 Å². The SMILES string of the molecule is CCNCc1cc(C)c(C)c(S(=O)(=O)NCC(C)CC)c1. The molecule has 0 bridgehead atoms. The second-order valence-electron chi connectivity index (χ2n) is 5.68. The van der Waals surface area contributed by atoms with E-state index in [1.807, 2.05) is 33.8 Å². The monoisotopic (exact) mass is 312 g/mol. The molecule has 120 valence electrons. The molecule has 0 amide bonds. The van der Waals surface area contributed by atoms with Crippen molar-refractivity contribution < 1.29 is 8.42 Å². The smallest absolute Gasteiger partial charge is 0.240 e. The molecule has 1 unspecified atom stereocenters. The van der Waals surface area contributed by atoms with Crippen LogP contribution in [0.25, 0.3) is 0 Å². The van der Waals surface area contributed by atoms with Gasteiger partial charge in [0.25, 0.3) is 0 Å². The Morgan fingerprint density at radius 1 is 1.19 bits per heavy atom. The van der Waals surface area contributed by atoms with Crippen LogP contribution < -0.4 is 10.0 Å². The lowest BCUT2D eigenvalue weighted by Crippen LogP contribution is -2.29. The number of hydrogen-bond acceptors (Lipinski definition) is 3. The maximum absolute atomic E-state index is 12.5. The summed E-state index contributed by atoms with van der Waals surface area (Å²) in [7, 11) is -3.44. The average molecular weight is 312 g/mol. The molecule has 0 radical (unpaired) electrons. The summed E-state index contributed by atoms with van der Waals surface area (Å²) in [5.74, 6) is 0.339. The van der Waals surface area contributed by atoms with Gasteiger partial charge in [0.15, 0.2) is 0 Å². The summed E-state index contributed by atoms with van der Waals surface area (Å²) in [6, 6.07) is 3.83. The third kappa shape index (κ3) is 5.09. The lowest BCUT2D eigenvalue weighted by Gasteiger charge is -2.15. The predicted octanol–water partition coefficient (Wildman–Crippen LogP) is 2.74. The number of nitrogens with one attached hydrogen (secondary N) is 2. The first-order chi connectivity index (χ1) is 9.81. The minimum Gasteiger partial charge on any atom is -0.313 e. The molecular formula is C16H28N2O2S. The Balaban J connectivity index is 3.06. The first kappa shape index (κ1) is 18.1. The van der Waals surface area contributed by atoms with Gasteiger partial charge < -0.3 is 5.32 Å². The molecule has 0 aromatic heterocycles. The molecule has 0 fully saturated rings. The zero-order valence-electron chi connectivity index (χ0n) is 13.8. The normalized spacial score (nSPS) is 13.4. The maximum atomic E-state index is 12.5. The highest BCUT2D eigenvalue weighted by Gasteiger charge is 2.19. The molecular weight excluding hydrogens is 284 g/mol. The van der Waals surface area contributed by atoms with Crippen LogP contribution in [0.4, 0.5) is 0 Å². The van der Waals surface area contributed by atoms with E-state index in [1.165, 1.54) is 0 Å². The molecule has 4 nitrogen and oxygen atoms in total. The lowest BCUT2D eigenvalue weighted by atomic mass is 10.1. The van der Waals surface area contributed by atoms with E-state index in [1.54, 1.807) is 6.07 Å². The van der Waals surface area contributed by atoms with Gasteiger partial charge >= 0.3 is 0 Å². The third-order valence-corrected chi connectivity index (χ3v) is 5.42. The predicted molar refractivity (Wildman–Crippen MR) is 87.9 cm³/mol. The number of rotatable bonds is 8. The van der Waals surface area contributed by atoms with Crippen molar-refractivity contribution >= 4 is 10.0 Å². The summed E-state index contributed by atoms with van der Waals surface area (Å²) in [5, 5.41) is 3.23. The Morgan fingerprint density at radius 3 is 2.43 bits per heavy atom. The summed E-state index contributed by atoms with van der Waals surface area (Å²) < 4.78 is 27.8. The molecule has 0 aliphatic carbocycles. The fourth-order valence-corrected chi connectivity index (χ4v) is 3.55. The van der Waals surface area contributed by atoms with E-state index in [0.717, 1.165) is 29.7 Å². The van der Waals surface area contributed by atoms with Crippen LogP contribution in [0.5, 0.6) is 0 Å². The Hall–Kier alpha value is -0.910. The summed E-state index contributed by atoms with van der Waals surface area (Å²) in [6.45, 7) is 12.0. The molecule has 0 saturated heterocycles. The van der Waals surface area contributed by atoms with Gasteiger partial charge in [-0.25, -0.2) is 13.1 Å². The van der Waals surface area contributed by atoms with Crippen molar-refractivity contribution in [2.24, 2.45) is 5.92 Å². The van der Waals surface area contributed by atoms with Crippen LogP contribution >= 0.6 is 0 Å². The van der Waals surface area contributed by atoms with Crippen molar-refractivity contribution in [2.45, 2.75) is 52.5 Å².